The van der Waals surface area contributed by atoms with E-state index in [-0.39, 0.29) is 0 Å². The lowest BCUT2D eigenvalue weighted by atomic mass is 10.0. The van der Waals surface area contributed by atoms with Gasteiger partial charge in [0.2, 0.25) is 0 Å². The highest BCUT2D eigenvalue weighted by molar-refractivity contribution is 5.55. The van der Waals surface area contributed by atoms with E-state index < -0.39 is 0 Å². The zero-order chi connectivity index (χ0) is 15.4. The molecule has 0 radical (unpaired) electrons. The van der Waals surface area contributed by atoms with Crippen LogP contribution < -0.4 is 10.2 Å². The molecular formula is C18H31N3. The van der Waals surface area contributed by atoms with Crippen molar-refractivity contribution in [2.75, 3.05) is 18.0 Å². The zero-order valence-electron chi connectivity index (χ0n) is 14.3. The highest BCUT2D eigenvalue weighted by Crippen LogP contribution is 2.32. The Bertz CT molecular complexity index is 454. The molecule has 1 aromatic heterocycles. The van der Waals surface area contributed by atoms with Crippen molar-refractivity contribution < 1.29 is 0 Å². The minimum atomic E-state index is 0.677. The molecule has 1 aliphatic rings. The Kier molecular flexibility index (Phi) is 5.63. The normalized spacial score (nSPS) is 19.0. The molecule has 1 unspecified atom stereocenters. The molecule has 3 heteroatoms. The molecule has 1 N–H and O–H groups in total. The molecule has 0 bridgehead atoms. The van der Waals surface area contributed by atoms with Crippen LogP contribution >= 0.6 is 0 Å². The molecule has 0 aromatic carbocycles. The van der Waals surface area contributed by atoms with Gasteiger partial charge >= 0.3 is 0 Å². The fraction of sp³-hybridized carbons (Fsp3) is 0.722. The summed E-state index contributed by atoms with van der Waals surface area (Å²) in [7, 11) is 0. The minimum Gasteiger partial charge on any atom is -0.368 e. The standard InChI is InChI=1S/C18H31N3/c1-13(2)10-19-11-16-12-20-15(5)9-18(16)21-8-6-7-17(21)14(3)4/h9,12-14,17,19H,6-8,10-11H2,1-5H3. The summed E-state index contributed by atoms with van der Waals surface area (Å²) < 4.78 is 0. The summed E-state index contributed by atoms with van der Waals surface area (Å²) in [5.41, 5.74) is 3.86. The molecule has 1 saturated heterocycles. The van der Waals surface area contributed by atoms with Crippen LogP contribution in [0.1, 0.15) is 51.8 Å². The first-order chi connectivity index (χ1) is 9.99. The summed E-state index contributed by atoms with van der Waals surface area (Å²) in [6, 6.07) is 2.95. The number of pyridine rings is 1. The highest BCUT2D eigenvalue weighted by Gasteiger charge is 2.28. The number of nitrogens with zero attached hydrogens (tertiary/aromatic N) is 2. The summed E-state index contributed by atoms with van der Waals surface area (Å²) in [5, 5.41) is 3.56. The molecule has 1 fully saturated rings. The number of aryl methyl sites for hydroxylation is 1. The molecule has 2 heterocycles. The Morgan fingerprint density at radius 2 is 2.10 bits per heavy atom. The molecule has 2 rings (SSSR count). The van der Waals surface area contributed by atoms with Crippen LogP contribution in [-0.2, 0) is 6.54 Å². The Morgan fingerprint density at radius 3 is 2.76 bits per heavy atom. The summed E-state index contributed by atoms with van der Waals surface area (Å²) >= 11 is 0. The van der Waals surface area contributed by atoms with Gasteiger partial charge in [0.15, 0.2) is 0 Å². The van der Waals surface area contributed by atoms with E-state index in [4.69, 9.17) is 0 Å². The molecule has 0 spiro atoms. The first-order valence-electron chi connectivity index (χ1n) is 8.42. The van der Waals surface area contributed by atoms with Crippen LogP contribution in [0.3, 0.4) is 0 Å². The summed E-state index contributed by atoms with van der Waals surface area (Å²) in [4.78, 5) is 7.13. The second-order valence-corrected chi connectivity index (χ2v) is 7.13. The maximum absolute atomic E-state index is 4.51. The fourth-order valence-corrected chi connectivity index (χ4v) is 3.26. The number of aromatic nitrogens is 1. The van der Waals surface area contributed by atoms with Crippen LogP contribution in [0.25, 0.3) is 0 Å². The average Bonchev–Trinajstić information content (AvgIpc) is 2.89. The van der Waals surface area contributed by atoms with Gasteiger partial charge in [0, 0.05) is 42.3 Å². The van der Waals surface area contributed by atoms with Crippen molar-refractivity contribution in [2.24, 2.45) is 11.8 Å². The monoisotopic (exact) mass is 289 g/mol. The fourth-order valence-electron chi connectivity index (χ4n) is 3.26. The third-order valence-electron chi connectivity index (χ3n) is 4.34. The van der Waals surface area contributed by atoms with E-state index in [1.165, 1.54) is 30.6 Å². The molecule has 1 aliphatic heterocycles. The Labute approximate surface area is 130 Å². The van der Waals surface area contributed by atoms with Gasteiger partial charge in [-0.15, -0.1) is 0 Å². The molecule has 118 valence electrons. The van der Waals surface area contributed by atoms with Crippen LogP contribution in [0.5, 0.6) is 0 Å². The van der Waals surface area contributed by atoms with Crippen molar-refractivity contribution in [1.29, 1.82) is 0 Å². The summed E-state index contributed by atoms with van der Waals surface area (Å²) in [5.74, 6) is 1.39. The molecule has 21 heavy (non-hydrogen) atoms. The van der Waals surface area contributed by atoms with Gasteiger partial charge in [-0.2, -0.15) is 0 Å². The predicted molar refractivity (Wildman–Crippen MR) is 90.7 cm³/mol. The number of nitrogens with one attached hydrogen (secondary N) is 1. The second kappa shape index (κ2) is 7.26. The molecule has 3 nitrogen and oxygen atoms in total. The van der Waals surface area contributed by atoms with Crippen LogP contribution in [0.15, 0.2) is 12.3 Å². The number of hydrogen-bond acceptors (Lipinski definition) is 3. The Balaban J connectivity index is 2.18. The van der Waals surface area contributed by atoms with Crippen molar-refractivity contribution >= 4 is 5.69 Å². The van der Waals surface area contributed by atoms with Crippen LogP contribution in [0, 0.1) is 18.8 Å². The first-order valence-corrected chi connectivity index (χ1v) is 8.42. The van der Waals surface area contributed by atoms with Crippen molar-refractivity contribution in [1.82, 2.24) is 10.3 Å². The Hall–Kier alpha value is -1.09. The second-order valence-electron chi connectivity index (χ2n) is 7.13. The van der Waals surface area contributed by atoms with Crippen molar-refractivity contribution in [3.05, 3.63) is 23.5 Å². The van der Waals surface area contributed by atoms with Gasteiger partial charge in [0.1, 0.15) is 0 Å². The predicted octanol–water partition coefficient (Wildman–Crippen LogP) is 3.76. The van der Waals surface area contributed by atoms with Gasteiger partial charge in [-0.05, 0) is 44.2 Å². The van der Waals surface area contributed by atoms with Crippen LogP contribution in [-0.4, -0.2) is 24.1 Å². The van der Waals surface area contributed by atoms with Crippen molar-refractivity contribution in [2.45, 2.75) is 60.0 Å². The van der Waals surface area contributed by atoms with Gasteiger partial charge < -0.3 is 10.2 Å². The molecule has 1 atom stereocenters. The molecule has 1 aromatic rings. The van der Waals surface area contributed by atoms with E-state index in [9.17, 15) is 0 Å². The van der Waals surface area contributed by atoms with Gasteiger partial charge in [0.05, 0.1) is 0 Å². The van der Waals surface area contributed by atoms with Crippen molar-refractivity contribution in [3.63, 3.8) is 0 Å². The third kappa shape index (κ3) is 4.19. The quantitative estimate of drug-likeness (QED) is 0.864. The number of rotatable bonds is 6. The average molecular weight is 289 g/mol. The topological polar surface area (TPSA) is 28.2 Å². The van der Waals surface area contributed by atoms with Gasteiger partial charge in [-0.3, -0.25) is 4.98 Å². The highest BCUT2D eigenvalue weighted by atomic mass is 15.2. The zero-order valence-corrected chi connectivity index (χ0v) is 14.3. The van der Waals surface area contributed by atoms with E-state index in [1.807, 2.05) is 0 Å². The van der Waals surface area contributed by atoms with Crippen LogP contribution in [0.2, 0.25) is 0 Å². The SMILES string of the molecule is Cc1cc(N2CCCC2C(C)C)c(CNCC(C)C)cn1. The maximum atomic E-state index is 4.51. The summed E-state index contributed by atoms with van der Waals surface area (Å²) in [6.45, 7) is 14.4. The molecule has 0 aliphatic carbocycles. The number of hydrogen-bond donors (Lipinski definition) is 1. The van der Waals surface area contributed by atoms with Gasteiger partial charge in [0.25, 0.3) is 0 Å². The van der Waals surface area contributed by atoms with E-state index >= 15 is 0 Å². The van der Waals surface area contributed by atoms with Crippen molar-refractivity contribution in [3.8, 4) is 0 Å². The van der Waals surface area contributed by atoms with Crippen LogP contribution in [0.4, 0.5) is 5.69 Å². The lowest BCUT2D eigenvalue weighted by Gasteiger charge is -2.31. The summed E-state index contributed by atoms with van der Waals surface area (Å²) in [6.07, 6.45) is 4.69. The number of anilines is 1. The van der Waals surface area contributed by atoms with Gasteiger partial charge in [-0.25, -0.2) is 0 Å². The van der Waals surface area contributed by atoms with E-state index in [0.717, 1.165) is 18.8 Å². The molecule has 0 saturated carbocycles. The first kappa shape index (κ1) is 16.3. The van der Waals surface area contributed by atoms with E-state index in [0.29, 0.717) is 17.9 Å². The Morgan fingerprint density at radius 1 is 1.33 bits per heavy atom. The lowest BCUT2D eigenvalue weighted by molar-refractivity contribution is 0.490. The maximum Gasteiger partial charge on any atom is 0.0448 e. The molecule has 0 amide bonds. The molecular weight excluding hydrogens is 258 g/mol. The minimum absolute atomic E-state index is 0.677. The van der Waals surface area contributed by atoms with Gasteiger partial charge in [-0.1, -0.05) is 27.7 Å². The smallest absolute Gasteiger partial charge is 0.0448 e. The third-order valence-corrected chi connectivity index (χ3v) is 4.34. The largest absolute Gasteiger partial charge is 0.368 e. The van der Waals surface area contributed by atoms with E-state index in [1.54, 1.807) is 0 Å². The van der Waals surface area contributed by atoms with E-state index in [2.05, 4.69) is 62.1 Å². The lowest BCUT2D eigenvalue weighted by Crippen LogP contribution is -2.34.